The molecule has 0 radical (unpaired) electrons. The maximum atomic E-state index is 11.5. The van der Waals surface area contributed by atoms with Crippen LogP contribution in [0.3, 0.4) is 0 Å². The first-order valence-electron chi connectivity index (χ1n) is 6.33. The second kappa shape index (κ2) is 5.52. The van der Waals surface area contributed by atoms with Gasteiger partial charge in [0.2, 0.25) is 0 Å². The van der Waals surface area contributed by atoms with Crippen molar-refractivity contribution in [3.05, 3.63) is 0 Å². The van der Waals surface area contributed by atoms with Crippen molar-refractivity contribution in [1.82, 2.24) is 5.32 Å². The summed E-state index contributed by atoms with van der Waals surface area (Å²) >= 11 is 0. The van der Waals surface area contributed by atoms with Crippen molar-refractivity contribution < 1.29 is 14.3 Å². The Balaban J connectivity index is 2.17. The average molecular weight is 241 g/mol. The Morgan fingerprint density at radius 3 is 2.53 bits per heavy atom. The fourth-order valence-electron chi connectivity index (χ4n) is 1.83. The van der Waals surface area contributed by atoms with Crippen molar-refractivity contribution in [2.24, 2.45) is 11.8 Å². The van der Waals surface area contributed by atoms with Crippen LogP contribution in [0, 0.1) is 11.8 Å². The molecule has 1 amide bonds. The molecular weight excluding hydrogens is 218 g/mol. The van der Waals surface area contributed by atoms with E-state index in [1.54, 1.807) is 0 Å². The van der Waals surface area contributed by atoms with Gasteiger partial charge in [0.1, 0.15) is 11.4 Å². The summed E-state index contributed by atoms with van der Waals surface area (Å²) < 4.78 is 5.12. The van der Waals surface area contributed by atoms with Gasteiger partial charge in [-0.25, -0.2) is 4.79 Å². The van der Waals surface area contributed by atoms with Crippen molar-refractivity contribution in [2.45, 2.75) is 52.6 Å². The van der Waals surface area contributed by atoms with Crippen molar-refractivity contribution in [2.75, 3.05) is 6.54 Å². The number of Topliss-reactive ketones (excluding diaryl/α,β-unsaturated/α-hetero) is 1. The van der Waals surface area contributed by atoms with E-state index in [0.29, 0.717) is 24.7 Å². The molecule has 1 fully saturated rings. The Kier molecular flexibility index (Phi) is 4.54. The van der Waals surface area contributed by atoms with E-state index >= 15 is 0 Å². The van der Waals surface area contributed by atoms with Gasteiger partial charge in [0.15, 0.2) is 0 Å². The molecule has 1 aliphatic carbocycles. The Morgan fingerprint density at radius 2 is 2.00 bits per heavy atom. The zero-order valence-electron chi connectivity index (χ0n) is 11.2. The highest BCUT2D eigenvalue weighted by Gasteiger charge is 2.41. The minimum Gasteiger partial charge on any atom is -0.444 e. The number of amides is 1. The molecule has 0 aliphatic heterocycles. The van der Waals surface area contributed by atoms with Gasteiger partial charge in [-0.2, -0.15) is 0 Å². The molecule has 17 heavy (non-hydrogen) atoms. The Bertz CT molecular complexity index is 294. The van der Waals surface area contributed by atoms with Gasteiger partial charge in [-0.1, -0.05) is 6.92 Å². The molecule has 0 unspecified atom stereocenters. The number of carbonyl (C=O) groups is 2. The average Bonchev–Trinajstić information content (AvgIpc) is 2.91. The lowest BCUT2D eigenvalue weighted by molar-refractivity contribution is -0.120. The Hall–Kier alpha value is -1.06. The lowest BCUT2D eigenvalue weighted by atomic mass is 10.1. The molecule has 2 atom stereocenters. The number of hydrogen-bond donors (Lipinski definition) is 1. The lowest BCUT2D eigenvalue weighted by Crippen LogP contribution is -2.33. The second-order valence-electron chi connectivity index (χ2n) is 5.70. The molecule has 0 heterocycles. The molecule has 4 nitrogen and oxygen atoms in total. The molecule has 1 N–H and O–H groups in total. The van der Waals surface area contributed by atoms with E-state index in [4.69, 9.17) is 4.74 Å². The summed E-state index contributed by atoms with van der Waals surface area (Å²) in [5, 5.41) is 2.71. The van der Waals surface area contributed by atoms with E-state index in [1.165, 1.54) is 0 Å². The SMILES string of the molecule is CCCC(=O)[C@H]1C[C@H]1CNC(=O)OC(C)(C)C. The summed E-state index contributed by atoms with van der Waals surface area (Å²) in [6.07, 6.45) is 2.08. The van der Waals surface area contributed by atoms with Crippen molar-refractivity contribution >= 4 is 11.9 Å². The van der Waals surface area contributed by atoms with Crippen LogP contribution < -0.4 is 5.32 Å². The quantitative estimate of drug-likeness (QED) is 0.804. The number of hydrogen-bond acceptors (Lipinski definition) is 3. The highest BCUT2D eigenvalue weighted by atomic mass is 16.6. The zero-order valence-corrected chi connectivity index (χ0v) is 11.2. The first kappa shape index (κ1) is 14.0. The molecule has 0 aromatic heterocycles. The van der Waals surface area contributed by atoms with E-state index in [-0.39, 0.29) is 5.92 Å². The molecule has 1 saturated carbocycles. The summed E-state index contributed by atoms with van der Waals surface area (Å²) in [4.78, 5) is 22.9. The Labute approximate surface area is 103 Å². The monoisotopic (exact) mass is 241 g/mol. The van der Waals surface area contributed by atoms with E-state index in [2.05, 4.69) is 5.32 Å². The molecule has 0 spiro atoms. The minimum absolute atomic E-state index is 0.171. The van der Waals surface area contributed by atoms with Crippen LogP contribution in [0.15, 0.2) is 0 Å². The summed E-state index contributed by atoms with van der Waals surface area (Å²) in [7, 11) is 0. The van der Waals surface area contributed by atoms with Gasteiger partial charge in [-0.15, -0.1) is 0 Å². The fourth-order valence-corrected chi connectivity index (χ4v) is 1.83. The van der Waals surface area contributed by atoms with Gasteiger partial charge < -0.3 is 10.1 Å². The summed E-state index contributed by atoms with van der Waals surface area (Å²) in [6, 6.07) is 0. The highest BCUT2D eigenvalue weighted by Crippen LogP contribution is 2.39. The van der Waals surface area contributed by atoms with Crippen LogP contribution in [0.4, 0.5) is 4.79 Å². The van der Waals surface area contributed by atoms with Crippen LogP contribution in [0.5, 0.6) is 0 Å². The predicted molar refractivity (Wildman–Crippen MR) is 65.7 cm³/mol. The molecule has 1 aliphatic rings. The van der Waals surface area contributed by atoms with Gasteiger partial charge in [-0.3, -0.25) is 4.79 Å². The lowest BCUT2D eigenvalue weighted by Gasteiger charge is -2.19. The number of ketones is 1. The largest absolute Gasteiger partial charge is 0.444 e. The van der Waals surface area contributed by atoms with E-state index in [0.717, 1.165) is 12.8 Å². The molecule has 98 valence electrons. The van der Waals surface area contributed by atoms with Crippen LogP contribution >= 0.6 is 0 Å². The second-order valence-corrected chi connectivity index (χ2v) is 5.70. The third kappa shape index (κ3) is 5.20. The van der Waals surface area contributed by atoms with E-state index in [9.17, 15) is 9.59 Å². The molecule has 0 aromatic carbocycles. The molecule has 0 saturated heterocycles. The summed E-state index contributed by atoms with van der Waals surface area (Å²) in [5.74, 6) is 0.829. The topological polar surface area (TPSA) is 55.4 Å². The number of rotatable bonds is 5. The molecule has 0 aromatic rings. The van der Waals surface area contributed by atoms with Crippen molar-refractivity contribution in [3.8, 4) is 0 Å². The predicted octanol–water partition coefficient (Wildman–Crippen LogP) is 2.52. The molecule has 0 bridgehead atoms. The zero-order chi connectivity index (χ0) is 13.1. The van der Waals surface area contributed by atoms with Gasteiger partial charge in [0.05, 0.1) is 0 Å². The number of carbonyl (C=O) groups excluding carboxylic acids is 2. The van der Waals surface area contributed by atoms with Crippen molar-refractivity contribution in [1.29, 1.82) is 0 Å². The van der Waals surface area contributed by atoms with Crippen LogP contribution in [0.2, 0.25) is 0 Å². The van der Waals surface area contributed by atoms with Crippen LogP contribution in [-0.2, 0) is 9.53 Å². The normalized spacial score (nSPS) is 23.1. The number of alkyl carbamates (subject to hydrolysis) is 1. The van der Waals surface area contributed by atoms with Crippen LogP contribution in [0.1, 0.15) is 47.0 Å². The fraction of sp³-hybridized carbons (Fsp3) is 0.846. The number of ether oxygens (including phenoxy) is 1. The molecule has 1 rings (SSSR count). The van der Waals surface area contributed by atoms with Gasteiger partial charge in [0.25, 0.3) is 0 Å². The van der Waals surface area contributed by atoms with Crippen LogP contribution in [0.25, 0.3) is 0 Å². The minimum atomic E-state index is -0.467. The highest BCUT2D eigenvalue weighted by molar-refractivity contribution is 5.83. The maximum Gasteiger partial charge on any atom is 0.407 e. The van der Waals surface area contributed by atoms with Gasteiger partial charge in [-0.05, 0) is 39.5 Å². The third-order valence-electron chi connectivity index (χ3n) is 2.74. The summed E-state index contributed by atoms with van der Waals surface area (Å²) in [6.45, 7) is 8.05. The smallest absolute Gasteiger partial charge is 0.407 e. The van der Waals surface area contributed by atoms with Crippen molar-refractivity contribution in [3.63, 3.8) is 0 Å². The maximum absolute atomic E-state index is 11.5. The standard InChI is InChI=1S/C13H23NO3/c1-5-6-11(15)10-7-9(10)8-14-12(16)17-13(2,3)4/h9-10H,5-8H2,1-4H3,(H,14,16)/t9-,10-/m0/s1. The first-order valence-corrected chi connectivity index (χ1v) is 6.33. The first-order chi connectivity index (χ1) is 7.83. The number of nitrogens with one attached hydrogen (secondary N) is 1. The Morgan fingerprint density at radius 1 is 1.35 bits per heavy atom. The van der Waals surface area contributed by atoms with Gasteiger partial charge >= 0.3 is 6.09 Å². The third-order valence-corrected chi connectivity index (χ3v) is 2.74. The van der Waals surface area contributed by atoms with Crippen LogP contribution in [-0.4, -0.2) is 24.0 Å². The molecular formula is C13H23NO3. The summed E-state index contributed by atoms with van der Waals surface area (Å²) in [5.41, 5.74) is -0.467. The molecule has 4 heteroatoms. The van der Waals surface area contributed by atoms with Gasteiger partial charge in [0, 0.05) is 18.9 Å². The van der Waals surface area contributed by atoms with E-state index < -0.39 is 11.7 Å². The van der Waals surface area contributed by atoms with E-state index in [1.807, 2.05) is 27.7 Å².